The molecule has 1 rings (SSSR count). The molecule has 0 amide bonds. The Labute approximate surface area is 73.7 Å². The molecule has 0 saturated carbocycles. The van der Waals surface area contributed by atoms with E-state index in [1.54, 1.807) is 12.1 Å². The molecular formula is C8H9AsO2. The van der Waals surface area contributed by atoms with Crippen molar-refractivity contribution in [2.24, 2.45) is 0 Å². The van der Waals surface area contributed by atoms with Gasteiger partial charge in [0.15, 0.2) is 0 Å². The predicted molar refractivity (Wildman–Crippen MR) is 45.6 cm³/mol. The Kier molecular flexibility index (Phi) is 2.72. The first kappa shape index (κ1) is 8.35. The molecule has 0 spiro atoms. The maximum absolute atomic E-state index is 10.6. The first-order chi connectivity index (χ1) is 5.25. The summed E-state index contributed by atoms with van der Waals surface area (Å²) < 4.78 is 0. The minimum atomic E-state index is -0.835. The van der Waals surface area contributed by atoms with E-state index in [4.69, 9.17) is 5.11 Å². The van der Waals surface area contributed by atoms with Crippen LogP contribution in [0.1, 0.15) is 15.9 Å². The number of rotatable bonds is 2. The van der Waals surface area contributed by atoms with Gasteiger partial charge in [0, 0.05) is 0 Å². The van der Waals surface area contributed by atoms with Crippen LogP contribution in [0.2, 0.25) is 0 Å². The van der Waals surface area contributed by atoms with Crippen LogP contribution in [0.4, 0.5) is 0 Å². The molecule has 1 aromatic carbocycles. The Morgan fingerprint density at radius 3 is 2.55 bits per heavy atom. The van der Waals surface area contributed by atoms with Gasteiger partial charge in [-0.1, -0.05) is 0 Å². The molecule has 3 heteroatoms. The number of carboxylic acids is 1. The van der Waals surface area contributed by atoms with E-state index >= 15 is 0 Å². The third-order valence-corrected chi connectivity index (χ3v) is 2.39. The Hall–Kier alpha value is -0.752. The zero-order chi connectivity index (χ0) is 8.27. The molecule has 0 heterocycles. The first-order valence-electron chi connectivity index (χ1n) is 3.27. The Balaban J connectivity index is 3.12. The van der Waals surface area contributed by atoms with Crippen molar-refractivity contribution in [2.75, 3.05) is 0 Å². The molecule has 11 heavy (non-hydrogen) atoms. The summed E-state index contributed by atoms with van der Waals surface area (Å²) >= 11 is 1.52. The summed E-state index contributed by atoms with van der Waals surface area (Å²) in [6, 6.07) is 7.10. The van der Waals surface area contributed by atoms with Crippen molar-refractivity contribution in [1.29, 1.82) is 0 Å². The van der Waals surface area contributed by atoms with Gasteiger partial charge in [-0.15, -0.1) is 0 Å². The van der Waals surface area contributed by atoms with Gasteiger partial charge in [-0.3, -0.25) is 0 Å². The van der Waals surface area contributed by atoms with E-state index in [9.17, 15) is 4.79 Å². The molecule has 0 fully saturated rings. The van der Waals surface area contributed by atoms with Crippen LogP contribution in [-0.4, -0.2) is 27.9 Å². The van der Waals surface area contributed by atoms with Gasteiger partial charge in [-0.05, 0) is 0 Å². The van der Waals surface area contributed by atoms with Crippen molar-refractivity contribution in [2.45, 2.75) is 5.21 Å². The zero-order valence-electron chi connectivity index (χ0n) is 5.95. The van der Waals surface area contributed by atoms with Crippen molar-refractivity contribution in [3.05, 3.63) is 35.4 Å². The summed E-state index contributed by atoms with van der Waals surface area (Å²) in [6.45, 7) is 0. The molecule has 58 valence electrons. The van der Waals surface area contributed by atoms with Crippen LogP contribution in [0, 0.1) is 0 Å². The monoisotopic (exact) mass is 212 g/mol. The molecular weight excluding hydrogens is 203 g/mol. The molecule has 1 unspecified atom stereocenters. The Morgan fingerprint density at radius 1 is 1.45 bits per heavy atom. The second-order valence-electron chi connectivity index (χ2n) is 2.17. The maximum atomic E-state index is 10.6. The molecule has 0 saturated heterocycles. The van der Waals surface area contributed by atoms with Gasteiger partial charge in [-0.25, -0.2) is 0 Å². The quantitative estimate of drug-likeness (QED) is 0.725. The number of benzene rings is 1. The van der Waals surface area contributed by atoms with E-state index in [1.807, 2.05) is 12.1 Å². The first-order valence-corrected chi connectivity index (χ1v) is 4.98. The fraction of sp³-hybridized carbons (Fsp3) is 0.125. The van der Waals surface area contributed by atoms with Crippen LogP contribution in [-0.2, 0) is 5.21 Å². The van der Waals surface area contributed by atoms with Crippen LogP contribution in [0.25, 0.3) is 0 Å². The summed E-state index contributed by atoms with van der Waals surface area (Å²) in [6.07, 6.45) is 0. The molecule has 1 atom stereocenters. The Bertz CT molecular complexity index is 271. The molecule has 0 aliphatic rings. The van der Waals surface area contributed by atoms with E-state index < -0.39 is 5.97 Å². The number of carboxylic acid groups (broad SMARTS) is 1. The summed E-state index contributed by atoms with van der Waals surface area (Å²) in [5, 5.41) is 9.53. The van der Waals surface area contributed by atoms with Gasteiger partial charge >= 0.3 is 73.3 Å². The van der Waals surface area contributed by atoms with E-state index in [2.05, 4.69) is 0 Å². The van der Waals surface area contributed by atoms with Gasteiger partial charge in [0.25, 0.3) is 0 Å². The van der Waals surface area contributed by atoms with Gasteiger partial charge in [0.1, 0.15) is 0 Å². The van der Waals surface area contributed by atoms with Crippen LogP contribution < -0.4 is 0 Å². The third kappa shape index (κ3) is 1.84. The summed E-state index contributed by atoms with van der Waals surface area (Å²) in [5.41, 5.74) is 1.34. The van der Waals surface area contributed by atoms with Crippen LogP contribution in [0.5, 0.6) is 0 Å². The minimum absolute atomic E-state index is 0.428. The molecule has 2 nitrogen and oxygen atoms in total. The van der Waals surface area contributed by atoms with E-state index in [1.165, 1.54) is 16.9 Å². The van der Waals surface area contributed by atoms with E-state index in [0.717, 1.165) is 10.8 Å². The molecule has 0 bridgehead atoms. The van der Waals surface area contributed by atoms with Crippen molar-refractivity contribution < 1.29 is 9.90 Å². The van der Waals surface area contributed by atoms with Crippen molar-refractivity contribution in [3.8, 4) is 0 Å². The van der Waals surface area contributed by atoms with E-state index in [-0.39, 0.29) is 0 Å². The van der Waals surface area contributed by atoms with Crippen molar-refractivity contribution in [1.82, 2.24) is 0 Å². The number of aromatic carboxylic acids is 1. The van der Waals surface area contributed by atoms with E-state index in [0.29, 0.717) is 5.56 Å². The predicted octanol–water partition coefficient (Wildman–Crippen LogP) is 0.518. The summed E-state index contributed by atoms with van der Waals surface area (Å²) in [7, 11) is 0. The van der Waals surface area contributed by atoms with Gasteiger partial charge < -0.3 is 0 Å². The molecule has 1 aromatic rings. The van der Waals surface area contributed by atoms with Crippen LogP contribution in [0.15, 0.2) is 24.3 Å². The molecule has 0 aliphatic carbocycles. The van der Waals surface area contributed by atoms with Gasteiger partial charge in [0.05, 0.1) is 0 Å². The second-order valence-corrected chi connectivity index (χ2v) is 3.02. The average Bonchev–Trinajstić information content (AvgIpc) is 2.04. The topological polar surface area (TPSA) is 37.3 Å². The average molecular weight is 212 g/mol. The summed E-state index contributed by atoms with van der Waals surface area (Å²) in [4.78, 5) is 10.6. The van der Waals surface area contributed by atoms with Crippen molar-refractivity contribution in [3.63, 3.8) is 0 Å². The molecule has 1 N–H and O–H groups in total. The number of hydrogen-bond donors (Lipinski definition) is 1. The van der Waals surface area contributed by atoms with Crippen LogP contribution in [0.3, 0.4) is 0 Å². The molecule has 0 aliphatic heterocycles. The fourth-order valence-electron chi connectivity index (χ4n) is 0.907. The van der Waals surface area contributed by atoms with Crippen molar-refractivity contribution >= 4 is 22.8 Å². The number of carbonyl (C=O) groups is 1. The molecule has 0 radical (unpaired) electrons. The third-order valence-electron chi connectivity index (χ3n) is 1.47. The standard InChI is InChI=1S/C8H9AsO2/c9-5-6-3-1-2-4-7(6)8(10)11/h1-4H,5,9H2,(H,10,11). The Morgan fingerprint density at radius 2 is 2.09 bits per heavy atom. The fourth-order valence-corrected chi connectivity index (χ4v) is 1.65. The number of hydrogen-bond acceptors (Lipinski definition) is 1. The van der Waals surface area contributed by atoms with Gasteiger partial charge in [-0.2, -0.15) is 0 Å². The SMILES string of the molecule is O=C(O)c1ccccc1C[AsH2]. The van der Waals surface area contributed by atoms with Gasteiger partial charge in [0.2, 0.25) is 0 Å². The normalized spacial score (nSPS) is 9.55. The van der Waals surface area contributed by atoms with Crippen LogP contribution >= 0.6 is 0 Å². The molecule has 0 aromatic heterocycles. The summed E-state index contributed by atoms with van der Waals surface area (Å²) in [5.74, 6) is -0.835. The second kappa shape index (κ2) is 3.58. The zero-order valence-corrected chi connectivity index (χ0v) is 8.37.